The van der Waals surface area contributed by atoms with Crippen molar-refractivity contribution in [3.05, 3.63) is 58.0 Å². The van der Waals surface area contributed by atoms with Gasteiger partial charge in [-0.1, -0.05) is 42.1 Å². The van der Waals surface area contributed by atoms with Crippen LogP contribution in [0.15, 0.2) is 46.3 Å². The molecule has 0 saturated carbocycles. The van der Waals surface area contributed by atoms with E-state index in [2.05, 4.69) is 32.4 Å². The van der Waals surface area contributed by atoms with Crippen LogP contribution in [0.1, 0.15) is 24.6 Å². The summed E-state index contributed by atoms with van der Waals surface area (Å²) in [6.07, 6.45) is 1.80. The van der Waals surface area contributed by atoms with E-state index in [1.54, 1.807) is 0 Å². The molecule has 0 spiro atoms. The Morgan fingerprint density at radius 1 is 1.27 bits per heavy atom. The van der Waals surface area contributed by atoms with Gasteiger partial charge in [-0.05, 0) is 38.3 Å². The topological polar surface area (TPSA) is 90.6 Å². The molecule has 0 saturated heterocycles. The van der Waals surface area contributed by atoms with Crippen molar-refractivity contribution in [2.45, 2.75) is 37.9 Å². The second-order valence-electron chi connectivity index (χ2n) is 6.37. The van der Waals surface area contributed by atoms with Gasteiger partial charge in [0.1, 0.15) is 5.52 Å². The van der Waals surface area contributed by atoms with Crippen LogP contribution in [0.4, 0.5) is 0 Å². The van der Waals surface area contributed by atoms with Crippen LogP contribution in [0.3, 0.4) is 0 Å². The zero-order valence-electron chi connectivity index (χ0n) is 14.8. The lowest BCUT2D eigenvalue weighted by Gasteiger charge is -2.13. The van der Waals surface area contributed by atoms with Crippen molar-refractivity contribution in [3.8, 4) is 0 Å². The number of H-pyrrole nitrogens is 2. The summed E-state index contributed by atoms with van der Waals surface area (Å²) in [5, 5.41) is 3.44. The maximum atomic E-state index is 12.1. The first kappa shape index (κ1) is 18.3. The summed E-state index contributed by atoms with van der Waals surface area (Å²) in [5.74, 6) is 0.150. The number of nitrogens with zero attached hydrogens (tertiary/aromatic N) is 1. The van der Waals surface area contributed by atoms with Crippen molar-refractivity contribution < 1.29 is 4.79 Å². The molecule has 1 amide bonds. The molecule has 1 aromatic carbocycles. The van der Waals surface area contributed by atoms with Gasteiger partial charge in [-0.2, -0.15) is 0 Å². The number of carbonyl (C=O) groups excluding carboxylic acids is 1. The monoisotopic (exact) mass is 370 g/mol. The molecule has 7 heteroatoms. The molecule has 3 N–H and O–H groups in total. The first-order valence-corrected chi connectivity index (χ1v) is 9.55. The van der Waals surface area contributed by atoms with Gasteiger partial charge in [-0.15, -0.1) is 0 Å². The van der Waals surface area contributed by atoms with E-state index < -0.39 is 0 Å². The van der Waals surface area contributed by atoms with Gasteiger partial charge in [0.25, 0.3) is 5.56 Å². The van der Waals surface area contributed by atoms with Gasteiger partial charge >= 0.3 is 0 Å². The van der Waals surface area contributed by atoms with Crippen molar-refractivity contribution >= 4 is 28.7 Å². The number of aromatic amines is 2. The number of benzene rings is 1. The van der Waals surface area contributed by atoms with Crippen LogP contribution < -0.4 is 10.9 Å². The Balaban J connectivity index is 1.50. The van der Waals surface area contributed by atoms with E-state index in [1.807, 2.05) is 38.1 Å². The molecule has 1 atom stereocenters. The fourth-order valence-corrected chi connectivity index (χ4v) is 3.43. The highest BCUT2D eigenvalue weighted by Gasteiger charge is 2.11. The van der Waals surface area contributed by atoms with E-state index in [0.717, 1.165) is 18.5 Å². The molecule has 2 heterocycles. The molecule has 0 aliphatic carbocycles. The number of nitrogens with one attached hydrogen (secondary N) is 3. The predicted octanol–water partition coefficient (Wildman–Crippen LogP) is 2.79. The maximum absolute atomic E-state index is 12.1. The van der Waals surface area contributed by atoms with Crippen molar-refractivity contribution in [2.24, 2.45) is 0 Å². The summed E-state index contributed by atoms with van der Waals surface area (Å²) in [6, 6.07) is 12.1. The molecule has 1 unspecified atom stereocenters. The lowest BCUT2D eigenvalue weighted by atomic mass is 10.1. The molecule has 0 fully saturated rings. The Labute approximate surface area is 155 Å². The summed E-state index contributed by atoms with van der Waals surface area (Å²) < 4.78 is 0. The second kappa shape index (κ2) is 8.23. The molecule has 3 rings (SSSR count). The molecule has 6 nitrogen and oxygen atoms in total. The first-order chi connectivity index (χ1) is 12.5. The van der Waals surface area contributed by atoms with Gasteiger partial charge in [0, 0.05) is 11.7 Å². The molecular weight excluding hydrogens is 348 g/mol. The molecule has 2 aromatic heterocycles. The fraction of sp³-hybridized carbons (Fsp3) is 0.316. The number of aromatic nitrogens is 3. The number of thioether (sulfide) groups is 1. The van der Waals surface area contributed by atoms with Crippen molar-refractivity contribution in [3.63, 3.8) is 0 Å². The van der Waals surface area contributed by atoms with Crippen LogP contribution >= 0.6 is 11.8 Å². The highest BCUT2D eigenvalue weighted by molar-refractivity contribution is 7.99. The summed E-state index contributed by atoms with van der Waals surface area (Å²) in [4.78, 5) is 34.2. The maximum Gasteiger partial charge on any atom is 0.275 e. The molecule has 0 aliphatic rings. The number of hydrogen-bond donors (Lipinski definition) is 3. The van der Waals surface area contributed by atoms with E-state index in [9.17, 15) is 9.59 Å². The molecule has 0 aliphatic heterocycles. The van der Waals surface area contributed by atoms with Crippen molar-refractivity contribution in [1.29, 1.82) is 0 Å². The Morgan fingerprint density at radius 2 is 2.04 bits per heavy atom. The van der Waals surface area contributed by atoms with Gasteiger partial charge in [0.2, 0.25) is 5.91 Å². The van der Waals surface area contributed by atoms with Crippen LogP contribution in [-0.2, 0) is 11.2 Å². The number of fused-ring (bicyclic) bond motifs is 1. The number of aryl methyl sites for hydroxylation is 2. The molecule has 136 valence electrons. The van der Waals surface area contributed by atoms with Crippen LogP contribution in [0, 0.1) is 6.92 Å². The lowest BCUT2D eigenvalue weighted by Crippen LogP contribution is -2.34. The minimum atomic E-state index is -0.220. The minimum absolute atomic E-state index is 0.0662. The molecular formula is C19H22N4O2S. The van der Waals surface area contributed by atoms with Crippen molar-refractivity contribution in [1.82, 2.24) is 20.3 Å². The Morgan fingerprint density at radius 3 is 2.81 bits per heavy atom. The summed E-state index contributed by atoms with van der Waals surface area (Å²) in [6.45, 7) is 3.87. The lowest BCUT2D eigenvalue weighted by molar-refractivity contribution is -0.119. The average Bonchev–Trinajstić information content (AvgIpc) is 3.00. The average molecular weight is 370 g/mol. The van der Waals surface area contributed by atoms with Crippen LogP contribution in [0.25, 0.3) is 11.0 Å². The number of rotatable bonds is 7. The van der Waals surface area contributed by atoms with E-state index in [-0.39, 0.29) is 23.3 Å². The van der Waals surface area contributed by atoms with E-state index in [1.165, 1.54) is 17.3 Å². The zero-order chi connectivity index (χ0) is 18.5. The number of amides is 1. The van der Waals surface area contributed by atoms with E-state index >= 15 is 0 Å². The van der Waals surface area contributed by atoms with Gasteiger partial charge in [-0.3, -0.25) is 14.6 Å². The Bertz CT molecular complexity index is 949. The largest absolute Gasteiger partial charge is 0.353 e. The molecule has 26 heavy (non-hydrogen) atoms. The third kappa shape index (κ3) is 4.76. The fourth-order valence-electron chi connectivity index (χ4n) is 2.75. The highest BCUT2D eigenvalue weighted by Crippen LogP contribution is 2.15. The Kier molecular flexibility index (Phi) is 5.78. The summed E-state index contributed by atoms with van der Waals surface area (Å²) in [5.41, 5.74) is 3.00. The molecule has 0 bridgehead atoms. The smallest absolute Gasteiger partial charge is 0.275 e. The summed E-state index contributed by atoms with van der Waals surface area (Å²) >= 11 is 1.23. The standard InChI is InChI=1S/C19H22N4O2S/c1-12(8-9-14-6-4-3-5-7-14)20-16(24)11-26-19-22-15-10-13(2)21-17(15)18(25)23-19/h3-7,10,12,21H,8-9,11H2,1-2H3,(H,20,24)(H,22,23,25). The van der Waals surface area contributed by atoms with Crippen LogP contribution in [0.5, 0.6) is 0 Å². The normalized spacial score (nSPS) is 12.2. The zero-order valence-corrected chi connectivity index (χ0v) is 15.7. The Hall–Kier alpha value is -2.54. The van der Waals surface area contributed by atoms with E-state index in [4.69, 9.17) is 0 Å². The van der Waals surface area contributed by atoms with Gasteiger partial charge in [-0.25, -0.2) is 4.98 Å². The quantitative estimate of drug-likeness (QED) is 0.441. The summed E-state index contributed by atoms with van der Waals surface area (Å²) in [7, 11) is 0. The third-order valence-corrected chi connectivity index (χ3v) is 4.93. The minimum Gasteiger partial charge on any atom is -0.353 e. The second-order valence-corrected chi connectivity index (χ2v) is 7.33. The van der Waals surface area contributed by atoms with Gasteiger partial charge < -0.3 is 10.3 Å². The van der Waals surface area contributed by atoms with Crippen molar-refractivity contribution in [2.75, 3.05) is 5.75 Å². The van der Waals surface area contributed by atoms with Crippen LogP contribution in [0.2, 0.25) is 0 Å². The van der Waals surface area contributed by atoms with Crippen LogP contribution in [-0.4, -0.2) is 32.7 Å². The first-order valence-electron chi connectivity index (χ1n) is 8.57. The van der Waals surface area contributed by atoms with Gasteiger partial charge in [0.05, 0.1) is 11.3 Å². The third-order valence-electron chi connectivity index (χ3n) is 4.06. The molecule has 3 aromatic rings. The van der Waals surface area contributed by atoms with E-state index in [0.29, 0.717) is 16.2 Å². The predicted molar refractivity (Wildman–Crippen MR) is 105 cm³/mol. The number of hydrogen-bond acceptors (Lipinski definition) is 4. The number of carbonyl (C=O) groups is 1. The SMILES string of the molecule is Cc1cc2nc(SCC(=O)NC(C)CCc3ccccc3)[nH]c(=O)c2[nH]1. The highest BCUT2D eigenvalue weighted by atomic mass is 32.2. The molecule has 0 radical (unpaired) electrons. The van der Waals surface area contributed by atoms with Gasteiger partial charge in [0.15, 0.2) is 5.16 Å².